The zero-order valence-corrected chi connectivity index (χ0v) is 6.59. The molecule has 0 spiro atoms. The van der Waals surface area contributed by atoms with Crippen LogP contribution in [0.2, 0.25) is 0 Å². The summed E-state index contributed by atoms with van der Waals surface area (Å²) in [5, 5.41) is 7.43. The van der Waals surface area contributed by atoms with E-state index in [1.165, 1.54) is 12.1 Å². The average Bonchev–Trinajstić information content (AvgIpc) is 2.06. The van der Waals surface area contributed by atoms with Gasteiger partial charge in [-0.3, -0.25) is 9.59 Å². The van der Waals surface area contributed by atoms with Crippen molar-refractivity contribution in [3.63, 3.8) is 0 Å². The monoisotopic (exact) mass is 181 g/mol. The summed E-state index contributed by atoms with van der Waals surface area (Å²) in [6.45, 7) is 0. The first-order valence-electron chi connectivity index (χ1n) is 2.92. The Morgan fingerprint density at radius 2 is 2.42 bits per heavy atom. The van der Waals surface area contributed by atoms with Gasteiger partial charge in [0.2, 0.25) is 0 Å². The second kappa shape index (κ2) is 3.66. The number of isothiocyanates is 1. The first kappa shape index (κ1) is 8.45. The van der Waals surface area contributed by atoms with E-state index >= 15 is 0 Å². The highest BCUT2D eigenvalue weighted by atomic mass is 32.1. The van der Waals surface area contributed by atoms with E-state index in [2.05, 4.69) is 27.4 Å². The molecule has 1 heterocycles. The van der Waals surface area contributed by atoms with Crippen LogP contribution < -0.4 is 5.56 Å². The second-order valence-electron chi connectivity index (χ2n) is 1.81. The molecule has 6 heteroatoms. The highest BCUT2D eigenvalue weighted by molar-refractivity contribution is 7.78. The van der Waals surface area contributed by atoms with E-state index in [-0.39, 0.29) is 11.3 Å². The second-order valence-corrected chi connectivity index (χ2v) is 2.00. The van der Waals surface area contributed by atoms with Crippen LogP contribution >= 0.6 is 12.2 Å². The molecule has 0 aliphatic carbocycles. The number of hydrogen-bond donors (Lipinski definition) is 1. The van der Waals surface area contributed by atoms with Crippen molar-refractivity contribution in [3.8, 4) is 0 Å². The average molecular weight is 181 g/mol. The summed E-state index contributed by atoms with van der Waals surface area (Å²) >= 11 is 4.22. The minimum absolute atomic E-state index is 0.0342. The molecule has 0 radical (unpaired) electrons. The Hall–Kier alpha value is -1.65. The molecule has 1 aromatic rings. The molecule has 0 aliphatic heterocycles. The van der Waals surface area contributed by atoms with Crippen LogP contribution in [-0.4, -0.2) is 21.3 Å². The number of rotatable bonds is 1. The number of thiocarbonyl (C=S) groups is 1. The predicted octanol–water partition coefficient (Wildman–Crippen LogP) is 0.0129. The third-order valence-electron chi connectivity index (χ3n) is 1.05. The van der Waals surface area contributed by atoms with Crippen molar-refractivity contribution in [3.05, 3.63) is 28.2 Å². The van der Waals surface area contributed by atoms with E-state index in [1.54, 1.807) is 0 Å². The van der Waals surface area contributed by atoms with Gasteiger partial charge in [0.05, 0.1) is 5.16 Å². The van der Waals surface area contributed by atoms with Gasteiger partial charge in [0, 0.05) is 6.07 Å². The summed E-state index contributed by atoms with van der Waals surface area (Å²) in [6.07, 6.45) is 0. The highest BCUT2D eigenvalue weighted by Crippen LogP contribution is 1.90. The van der Waals surface area contributed by atoms with Gasteiger partial charge in [0.15, 0.2) is 5.69 Å². The summed E-state index contributed by atoms with van der Waals surface area (Å²) < 4.78 is 0. The van der Waals surface area contributed by atoms with E-state index in [9.17, 15) is 9.59 Å². The molecule has 0 unspecified atom stereocenters. The van der Waals surface area contributed by atoms with Crippen LogP contribution in [0.25, 0.3) is 0 Å². The maximum atomic E-state index is 10.9. The number of amides is 1. The molecular weight excluding hydrogens is 178 g/mol. The van der Waals surface area contributed by atoms with Crippen molar-refractivity contribution in [2.24, 2.45) is 4.99 Å². The standard InChI is InChI=1S/C6H3N3O2S/c10-5-2-1-4(8-9-5)6(11)7-3-12/h1-2H,(H,9,10). The Kier molecular flexibility index (Phi) is 2.57. The smallest absolute Gasteiger partial charge is 0.268 e. The number of carbonyl (C=O) groups is 1. The Bertz CT molecular complexity index is 385. The molecule has 0 aliphatic rings. The third-order valence-corrected chi connectivity index (χ3v) is 1.14. The fourth-order valence-corrected chi connectivity index (χ4v) is 0.645. The van der Waals surface area contributed by atoms with Crippen molar-refractivity contribution < 1.29 is 4.79 Å². The van der Waals surface area contributed by atoms with Gasteiger partial charge in [-0.05, 0) is 18.3 Å². The molecule has 1 rings (SSSR count). The number of nitrogens with one attached hydrogen (secondary N) is 1. The van der Waals surface area contributed by atoms with E-state index < -0.39 is 5.91 Å². The molecule has 12 heavy (non-hydrogen) atoms. The highest BCUT2D eigenvalue weighted by Gasteiger charge is 2.03. The van der Waals surface area contributed by atoms with Crippen LogP contribution in [0, 0.1) is 0 Å². The van der Waals surface area contributed by atoms with Crippen molar-refractivity contribution >= 4 is 23.3 Å². The number of hydrogen-bond acceptors (Lipinski definition) is 4. The van der Waals surface area contributed by atoms with Crippen molar-refractivity contribution in [1.29, 1.82) is 0 Å². The number of aliphatic imine (C=N–C) groups is 1. The number of nitrogens with zero attached hydrogens (tertiary/aromatic N) is 2. The van der Waals surface area contributed by atoms with E-state index in [0.717, 1.165) is 0 Å². The first-order chi connectivity index (χ1) is 5.74. The SMILES string of the molecule is O=C(N=C=S)c1ccc(=O)[nH]n1. The topological polar surface area (TPSA) is 75.2 Å². The summed E-state index contributed by atoms with van der Waals surface area (Å²) in [5.74, 6) is -0.624. The number of aromatic nitrogens is 2. The normalized spacial score (nSPS) is 8.67. The Labute approximate surface area is 72.1 Å². The zero-order chi connectivity index (χ0) is 8.97. The van der Waals surface area contributed by atoms with E-state index in [4.69, 9.17) is 0 Å². The number of aromatic amines is 1. The third kappa shape index (κ3) is 1.91. The Balaban J connectivity index is 3.05. The van der Waals surface area contributed by atoms with Crippen LogP contribution in [-0.2, 0) is 0 Å². The summed E-state index contributed by atoms with van der Waals surface area (Å²) in [5.41, 5.74) is -0.343. The predicted molar refractivity (Wildman–Crippen MR) is 44.2 cm³/mol. The van der Waals surface area contributed by atoms with Gasteiger partial charge >= 0.3 is 5.91 Å². The first-order valence-corrected chi connectivity index (χ1v) is 3.33. The van der Waals surface area contributed by atoms with Gasteiger partial charge in [-0.1, -0.05) is 0 Å². The van der Waals surface area contributed by atoms with Crippen LogP contribution in [0.5, 0.6) is 0 Å². The van der Waals surface area contributed by atoms with Crippen molar-refractivity contribution in [2.45, 2.75) is 0 Å². The van der Waals surface area contributed by atoms with Crippen LogP contribution in [0.1, 0.15) is 10.5 Å². The molecule has 0 fully saturated rings. The molecule has 0 aromatic carbocycles. The quantitative estimate of drug-likeness (QED) is 0.489. The molecule has 0 atom stereocenters. The van der Waals surface area contributed by atoms with Crippen LogP contribution in [0.15, 0.2) is 21.9 Å². The van der Waals surface area contributed by atoms with Crippen LogP contribution in [0.4, 0.5) is 0 Å². The molecule has 0 bridgehead atoms. The minimum Gasteiger partial charge on any atom is -0.268 e. The summed E-state index contributed by atoms with van der Waals surface area (Å²) in [6, 6.07) is 2.44. The number of carbonyl (C=O) groups excluding carboxylic acids is 1. The Morgan fingerprint density at radius 3 is 2.92 bits per heavy atom. The lowest BCUT2D eigenvalue weighted by molar-refractivity contribution is 0.0998. The lowest BCUT2D eigenvalue weighted by Gasteiger charge is -1.88. The van der Waals surface area contributed by atoms with Gasteiger partial charge in [0.1, 0.15) is 0 Å². The van der Waals surface area contributed by atoms with Gasteiger partial charge in [-0.15, -0.1) is 0 Å². The minimum atomic E-state index is -0.624. The molecule has 1 N–H and O–H groups in total. The van der Waals surface area contributed by atoms with Crippen LogP contribution in [0.3, 0.4) is 0 Å². The van der Waals surface area contributed by atoms with E-state index in [1.807, 2.05) is 5.16 Å². The summed E-state index contributed by atoms with van der Waals surface area (Å²) in [4.78, 5) is 24.5. The lowest BCUT2D eigenvalue weighted by Crippen LogP contribution is -2.09. The van der Waals surface area contributed by atoms with Gasteiger partial charge < -0.3 is 0 Å². The fourth-order valence-electron chi connectivity index (χ4n) is 0.562. The zero-order valence-electron chi connectivity index (χ0n) is 5.77. The maximum absolute atomic E-state index is 10.9. The van der Waals surface area contributed by atoms with Crippen molar-refractivity contribution in [2.75, 3.05) is 0 Å². The van der Waals surface area contributed by atoms with E-state index in [0.29, 0.717) is 0 Å². The summed E-state index contributed by atoms with van der Waals surface area (Å²) in [7, 11) is 0. The molecule has 0 saturated carbocycles. The molecule has 1 amide bonds. The molecule has 60 valence electrons. The molecular formula is C6H3N3O2S. The molecule has 1 aromatic heterocycles. The van der Waals surface area contributed by atoms with Gasteiger partial charge in [-0.2, -0.15) is 10.1 Å². The fraction of sp³-hybridized carbons (Fsp3) is 0. The van der Waals surface area contributed by atoms with Crippen molar-refractivity contribution in [1.82, 2.24) is 10.2 Å². The number of H-pyrrole nitrogens is 1. The molecule has 5 nitrogen and oxygen atoms in total. The Morgan fingerprint density at radius 1 is 1.67 bits per heavy atom. The molecule has 0 saturated heterocycles. The van der Waals surface area contributed by atoms with Gasteiger partial charge in [-0.25, -0.2) is 5.10 Å². The maximum Gasteiger partial charge on any atom is 0.306 e. The largest absolute Gasteiger partial charge is 0.306 e. The van der Waals surface area contributed by atoms with Gasteiger partial charge in [0.25, 0.3) is 5.56 Å². The lowest BCUT2D eigenvalue weighted by atomic mass is 10.4.